The van der Waals surface area contributed by atoms with E-state index in [0.29, 0.717) is 0 Å². The molecule has 0 unspecified atom stereocenters. The Morgan fingerprint density at radius 3 is 2.09 bits per heavy atom. The Hall–Kier alpha value is -2.63. The first-order chi connectivity index (χ1) is 10.4. The van der Waals surface area contributed by atoms with E-state index >= 15 is 0 Å². The molecule has 1 amide bonds. The zero-order valence-electron chi connectivity index (χ0n) is 11.7. The standard InChI is InChI=1S/C16H13F3N2O/c1-11-7-9-12(10-8-11)14(16(17,18)19)20-21-15(22)13-5-3-2-4-6-13/h2-10H,1H3,(H,21,22)/b20-14+. The fourth-order valence-corrected chi connectivity index (χ4v) is 1.76. The lowest BCUT2D eigenvalue weighted by Crippen LogP contribution is -2.29. The van der Waals surface area contributed by atoms with E-state index in [-0.39, 0.29) is 11.1 Å². The molecule has 0 aliphatic rings. The molecule has 1 N–H and O–H groups in total. The molecule has 2 aromatic carbocycles. The fraction of sp³-hybridized carbons (Fsp3) is 0.125. The molecule has 0 bridgehead atoms. The number of carbonyl (C=O) groups is 1. The van der Waals surface area contributed by atoms with Crippen molar-refractivity contribution in [1.29, 1.82) is 0 Å². The van der Waals surface area contributed by atoms with Gasteiger partial charge in [0.1, 0.15) is 0 Å². The third-order valence-corrected chi connectivity index (χ3v) is 2.90. The number of halogens is 3. The van der Waals surface area contributed by atoms with Crippen LogP contribution >= 0.6 is 0 Å². The number of benzene rings is 2. The van der Waals surface area contributed by atoms with Crippen LogP contribution in [-0.2, 0) is 0 Å². The first-order valence-corrected chi connectivity index (χ1v) is 6.45. The molecule has 0 radical (unpaired) electrons. The molecule has 0 fully saturated rings. The first kappa shape index (κ1) is 15.8. The van der Waals surface area contributed by atoms with Crippen LogP contribution in [0.2, 0.25) is 0 Å². The highest BCUT2D eigenvalue weighted by Crippen LogP contribution is 2.22. The summed E-state index contributed by atoms with van der Waals surface area (Å²) in [5.74, 6) is -0.700. The highest BCUT2D eigenvalue weighted by Gasteiger charge is 2.37. The van der Waals surface area contributed by atoms with Gasteiger partial charge >= 0.3 is 6.18 Å². The number of rotatable bonds is 3. The van der Waals surface area contributed by atoms with Gasteiger partial charge in [0.15, 0.2) is 5.71 Å². The summed E-state index contributed by atoms with van der Waals surface area (Å²) in [4.78, 5) is 11.8. The van der Waals surface area contributed by atoms with Gasteiger partial charge in [0.25, 0.3) is 5.91 Å². The Morgan fingerprint density at radius 1 is 0.955 bits per heavy atom. The molecule has 0 aliphatic carbocycles. The van der Waals surface area contributed by atoms with Crippen molar-refractivity contribution in [1.82, 2.24) is 5.43 Å². The van der Waals surface area contributed by atoms with E-state index in [1.54, 1.807) is 37.3 Å². The molecule has 2 aromatic rings. The molecule has 22 heavy (non-hydrogen) atoms. The van der Waals surface area contributed by atoms with E-state index in [4.69, 9.17) is 0 Å². The van der Waals surface area contributed by atoms with E-state index in [1.807, 2.05) is 5.43 Å². The molecule has 2 rings (SSSR count). The number of nitrogens with one attached hydrogen (secondary N) is 1. The number of aryl methyl sites for hydroxylation is 1. The maximum Gasteiger partial charge on any atom is 0.435 e. The number of alkyl halides is 3. The van der Waals surface area contributed by atoms with Gasteiger partial charge in [0.2, 0.25) is 0 Å². The van der Waals surface area contributed by atoms with E-state index in [0.717, 1.165) is 5.56 Å². The van der Waals surface area contributed by atoms with Gasteiger partial charge in [-0.3, -0.25) is 4.79 Å². The van der Waals surface area contributed by atoms with Gasteiger partial charge in [0, 0.05) is 11.1 Å². The summed E-state index contributed by atoms with van der Waals surface area (Å²) < 4.78 is 39.2. The van der Waals surface area contributed by atoms with Crippen LogP contribution in [0.3, 0.4) is 0 Å². The van der Waals surface area contributed by atoms with Crippen molar-refractivity contribution in [3.63, 3.8) is 0 Å². The first-order valence-electron chi connectivity index (χ1n) is 6.45. The van der Waals surface area contributed by atoms with Gasteiger partial charge in [-0.25, -0.2) is 5.43 Å². The molecule has 0 saturated carbocycles. The highest BCUT2D eigenvalue weighted by molar-refractivity contribution is 6.05. The van der Waals surface area contributed by atoms with E-state index in [2.05, 4.69) is 5.10 Å². The monoisotopic (exact) mass is 306 g/mol. The highest BCUT2D eigenvalue weighted by atomic mass is 19.4. The molecule has 0 aromatic heterocycles. The average molecular weight is 306 g/mol. The van der Waals surface area contributed by atoms with Gasteiger partial charge in [-0.15, -0.1) is 0 Å². The maximum atomic E-state index is 13.1. The molecule has 114 valence electrons. The number of hydrogen-bond acceptors (Lipinski definition) is 2. The number of hydrogen-bond donors (Lipinski definition) is 1. The van der Waals surface area contributed by atoms with Crippen LogP contribution in [0.4, 0.5) is 13.2 Å². The smallest absolute Gasteiger partial charge is 0.267 e. The Bertz CT molecular complexity index is 677. The average Bonchev–Trinajstić information content (AvgIpc) is 2.48. The normalized spacial score (nSPS) is 12.1. The number of amides is 1. The van der Waals surface area contributed by atoms with Gasteiger partial charge in [0.05, 0.1) is 0 Å². The number of carbonyl (C=O) groups excluding carboxylic acids is 1. The third kappa shape index (κ3) is 3.94. The zero-order chi connectivity index (χ0) is 16.2. The van der Waals surface area contributed by atoms with E-state index in [1.165, 1.54) is 24.3 Å². The lowest BCUT2D eigenvalue weighted by molar-refractivity contribution is -0.0583. The summed E-state index contributed by atoms with van der Waals surface area (Å²) >= 11 is 0. The van der Waals surface area contributed by atoms with Crippen LogP contribution in [0.15, 0.2) is 59.7 Å². The second kappa shape index (κ2) is 6.43. The summed E-state index contributed by atoms with van der Waals surface area (Å²) in [5.41, 5.74) is 1.77. The molecule has 0 atom stereocenters. The lowest BCUT2D eigenvalue weighted by atomic mass is 10.1. The molecular weight excluding hydrogens is 293 g/mol. The summed E-state index contributed by atoms with van der Waals surface area (Å²) in [6.07, 6.45) is -4.67. The summed E-state index contributed by atoms with van der Waals surface area (Å²) in [6.45, 7) is 1.77. The number of nitrogens with zero attached hydrogens (tertiary/aromatic N) is 1. The van der Waals surface area contributed by atoms with Crippen molar-refractivity contribution in [3.8, 4) is 0 Å². The van der Waals surface area contributed by atoms with Crippen molar-refractivity contribution >= 4 is 11.6 Å². The van der Waals surface area contributed by atoms with Crippen LogP contribution in [0.5, 0.6) is 0 Å². The van der Waals surface area contributed by atoms with Crippen LogP contribution < -0.4 is 5.43 Å². The summed E-state index contributed by atoms with van der Waals surface area (Å²) in [7, 11) is 0. The van der Waals surface area contributed by atoms with Gasteiger partial charge in [-0.05, 0) is 19.1 Å². The lowest BCUT2D eigenvalue weighted by Gasteiger charge is -2.11. The predicted molar refractivity (Wildman–Crippen MR) is 77.7 cm³/mol. The molecule has 0 heterocycles. The fourth-order valence-electron chi connectivity index (χ4n) is 1.76. The molecule has 3 nitrogen and oxygen atoms in total. The van der Waals surface area contributed by atoms with Crippen molar-refractivity contribution < 1.29 is 18.0 Å². The summed E-state index contributed by atoms with van der Waals surface area (Å²) in [5, 5.41) is 3.26. The molecule has 0 spiro atoms. The van der Waals surface area contributed by atoms with E-state index in [9.17, 15) is 18.0 Å². The SMILES string of the molecule is Cc1ccc(/C(=N\NC(=O)c2ccccc2)C(F)(F)F)cc1. The second-order valence-corrected chi connectivity index (χ2v) is 4.63. The molecule has 0 aliphatic heterocycles. The van der Waals surface area contributed by atoms with Crippen LogP contribution in [0.1, 0.15) is 21.5 Å². The van der Waals surface area contributed by atoms with E-state index < -0.39 is 17.8 Å². The minimum absolute atomic E-state index is 0.105. The molecular formula is C16H13F3N2O. The largest absolute Gasteiger partial charge is 0.435 e. The van der Waals surface area contributed by atoms with Crippen LogP contribution in [0.25, 0.3) is 0 Å². The Balaban J connectivity index is 2.27. The maximum absolute atomic E-state index is 13.1. The predicted octanol–water partition coefficient (Wildman–Crippen LogP) is 3.69. The molecule has 6 heteroatoms. The van der Waals surface area contributed by atoms with Crippen molar-refractivity contribution in [2.24, 2.45) is 5.10 Å². The van der Waals surface area contributed by atoms with Crippen molar-refractivity contribution in [2.45, 2.75) is 13.1 Å². The van der Waals surface area contributed by atoms with Gasteiger partial charge < -0.3 is 0 Å². The van der Waals surface area contributed by atoms with Crippen molar-refractivity contribution in [2.75, 3.05) is 0 Å². The third-order valence-electron chi connectivity index (χ3n) is 2.90. The zero-order valence-corrected chi connectivity index (χ0v) is 11.7. The topological polar surface area (TPSA) is 41.5 Å². The quantitative estimate of drug-likeness (QED) is 0.682. The van der Waals surface area contributed by atoms with Crippen molar-refractivity contribution in [3.05, 3.63) is 71.3 Å². The van der Waals surface area contributed by atoms with Gasteiger partial charge in [-0.1, -0.05) is 48.0 Å². The second-order valence-electron chi connectivity index (χ2n) is 4.63. The van der Waals surface area contributed by atoms with Crippen LogP contribution in [0, 0.1) is 6.92 Å². The Morgan fingerprint density at radius 2 is 1.55 bits per heavy atom. The minimum atomic E-state index is -4.67. The minimum Gasteiger partial charge on any atom is -0.267 e. The Labute approximate surface area is 125 Å². The Kier molecular flexibility index (Phi) is 4.60. The van der Waals surface area contributed by atoms with Crippen LogP contribution in [-0.4, -0.2) is 17.8 Å². The summed E-state index contributed by atoms with van der Waals surface area (Å²) in [6, 6.07) is 13.6. The van der Waals surface area contributed by atoms with Gasteiger partial charge in [-0.2, -0.15) is 18.3 Å². The number of hydrazone groups is 1. The molecule has 0 saturated heterocycles.